The van der Waals surface area contributed by atoms with E-state index < -0.39 is 0 Å². The Morgan fingerprint density at radius 3 is 2.47 bits per heavy atom. The number of carbonyl (C=O) groups excluding carboxylic acids is 1. The van der Waals surface area contributed by atoms with Crippen LogP contribution in [0.2, 0.25) is 0 Å². The van der Waals surface area contributed by atoms with Gasteiger partial charge >= 0.3 is 0 Å². The minimum Gasteiger partial charge on any atom is -0.395 e. The van der Waals surface area contributed by atoms with Crippen molar-refractivity contribution in [3.8, 4) is 0 Å². The summed E-state index contributed by atoms with van der Waals surface area (Å²) in [5.74, 6) is 0.417. The van der Waals surface area contributed by atoms with Crippen molar-refractivity contribution < 1.29 is 9.90 Å². The van der Waals surface area contributed by atoms with Gasteiger partial charge in [0.2, 0.25) is 0 Å². The van der Waals surface area contributed by atoms with Gasteiger partial charge in [-0.25, -0.2) is 0 Å². The highest BCUT2D eigenvalue weighted by Gasteiger charge is 2.00. The average molecular weight is 215 g/mol. The summed E-state index contributed by atoms with van der Waals surface area (Å²) in [6.45, 7) is 3.94. The number of rotatable bonds is 11. The molecule has 0 radical (unpaired) electrons. The molecule has 0 amide bonds. The molecule has 90 valence electrons. The van der Waals surface area contributed by atoms with E-state index in [0.29, 0.717) is 12.3 Å². The summed E-state index contributed by atoms with van der Waals surface area (Å²) in [6, 6.07) is 0. The summed E-state index contributed by atoms with van der Waals surface area (Å²) in [4.78, 5) is 11.3. The van der Waals surface area contributed by atoms with Gasteiger partial charge in [0.1, 0.15) is 5.78 Å². The van der Waals surface area contributed by atoms with Crippen molar-refractivity contribution in [2.24, 2.45) is 0 Å². The number of hydrogen-bond acceptors (Lipinski definition) is 3. The van der Waals surface area contributed by atoms with Crippen LogP contribution in [0.4, 0.5) is 0 Å². The van der Waals surface area contributed by atoms with Gasteiger partial charge in [0.25, 0.3) is 0 Å². The second-order valence-corrected chi connectivity index (χ2v) is 3.93. The SMILES string of the molecule is CCCCC(=O)CCCCCNCCO. The molecule has 15 heavy (non-hydrogen) atoms. The molecular formula is C12H25NO2. The molecule has 0 aliphatic rings. The third-order valence-electron chi connectivity index (χ3n) is 2.41. The molecule has 0 heterocycles. The van der Waals surface area contributed by atoms with Crippen LogP contribution in [0, 0.1) is 0 Å². The fourth-order valence-corrected chi connectivity index (χ4v) is 1.45. The van der Waals surface area contributed by atoms with Gasteiger partial charge in [0.15, 0.2) is 0 Å². The first-order valence-electron chi connectivity index (χ1n) is 6.14. The van der Waals surface area contributed by atoms with Gasteiger partial charge in [-0.05, 0) is 25.8 Å². The molecule has 3 heteroatoms. The summed E-state index contributed by atoms with van der Waals surface area (Å²) >= 11 is 0. The van der Waals surface area contributed by atoms with Crippen molar-refractivity contribution in [3.05, 3.63) is 0 Å². The highest BCUT2D eigenvalue weighted by atomic mass is 16.3. The van der Waals surface area contributed by atoms with E-state index in [9.17, 15) is 4.79 Å². The van der Waals surface area contributed by atoms with Crippen molar-refractivity contribution in [2.45, 2.75) is 51.9 Å². The van der Waals surface area contributed by atoms with Gasteiger partial charge in [0.05, 0.1) is 6.61 Å². The predicted molar refractivity (Wildman–Crippen MR) is 63.0 cm³/mol. The van der Waals surface area contributed by atoms with E-state index in [0.717, 1.165) is 51.5 Å². The van der Waals surface area contributed by atoms with E-state index in [1.165, 1.54) is 0 Å². The number of aliphatic hydroxyl groups excluding tert-OH is 1. The standard InChI is InChI=1S/C12H25NO2/c1-2-3-7-12(15)8-5-4-6-9-13-10-11-14/h13-14H,2-11H2,1H3. The lowest BCUT2D eigenvalue weighted by Crippen LogP contribution is -2.19. The van der Waals surface area contributed by atoms with E-state index in [1.54, 1.807) is 0 Å². The summed E-state index contributed by atoms with van der Waals surface area (Å²) in [5, 5.41) is 11.6. The first kappa shape index (κ1) is 14.6. The fourth-order valence-electron chi connectivity index (χ4n) is 1.45. The van der Waals surface area contributed by atoms with E-state index in [-0.39, 0.29) is 6.61 Å². The minimum atomic E-state index is 0.204. The molecule has 2 N–H and O–H groups in total. The maximum Gasteiger partial charge on any atom is 0.132 e. The van der Waals surface area contributed by atoms with E-state index in [1.807, 2.05) is 0 Å². The van der Waals surface area contributed by atoms with Gasteiger partial charge < -0.3 is 10.4 Å². The largest absolute Gasteiger partial charge is 0.395 e. The van der Waals surface area contributed by atoms with Crippen molar-refractivity contribution in [3.63, 3.8) is 0 Å². The molecular weight excluding hydrogens is 190 g/mol. The Bertz CT molecular complexity index is 149. The van der Waals surface area contributed by atoms with Gasteiger partial charge in [0, 0.05) is 19.4 Å². The predicted octanol–water partition coefficient (Wildman–Crippen LogP) is 1.89. The third kappa shape index (κ3) is 11.5. The summed E-state index contributed by atoms with van der Waals surface area (Å²) in [6.07, 6.45) is 6.88. The molecule has 0 fully saturated rings. The van der Waals surface area contributed by atoms with Crippen molar-refractivity contribution in [1.29, 1.82) is 0 Å². The Hall–Kier alpha value is -0.410. The highest BCUT2D eigenvalue weighted by Crippen LogP contribution is 2.04. The maximum atomic E-state index is 11.3. The lowest BCUT2D eigenvalue weighted by molar-refractivity contribution is -0.119. The van der Waals surface area contributed by atoms with Crippen LogP contribution in [0.25, 0.3) is 0 Å². The molecule has 0 unspecified atom stereocenters. The van der Waals surface area contributed by atoms with Crippen LogP contribution in [0.3, 0.4) is 0 Å². The van der Waals surface area contributed by atoms with Crippen LogP contribution in [-0.2, 0) is 4.79 Å². The maximum absolute atomic E-state index is 11.3. The smallest absolute Gasteiger partial charge is 0.132 e. The molecule has 0 spiro atoms. The van der Waals surface area contributed by atoms with Crippen molar-refractivity contribution in [2.75, 3.05) is 19.7 Å². The molecule has 0 saturated carbocycles. The number of carbonyl (C=O) groups is 1. The molecule has 0 aliphatic carbocycles. The number of hydrogen-bond donors (Lipinski definition) is 2. The molecule has 0 atom stereocenters. The van der Waals surface area contributed by atoms with Crippen LogP contribution in [0.5, 0.6) is 0 Å². The number of aliphatic hydroxyl groups is 1. The topological polar surface area (TPSA) is 49.3 Å². The van der Waals surface area contributed by atoms with Gasteiger partial charge in [-0.3, -0.25) is 4.79 Å². The molecule has 0 saturated heterocycles. The van der Waals surface area contributed by atoms with Crippen LogP contribution < -0.4 is 5.32 Å². The highest BCUT2D eigenvalue weighted by molar-refractivity contribution is 5.78. The summed E-state index contributed by atoms with van der Waals surface area (Å²) < 4.78 is 0. The van der Waals surface area contributed by atoms with Crippen molar-refractivity contribution in [1.82, 2.24) is 5.32 Å². The van der Waals surface area contributed by atoms with E-state index in [2.05, 4.69) is 12.2 Å². The monoisotopic (exact) mass is 215 g/mol. The Labute approximate surface area is 93.3 Å². The fraction of sp³-hybridized carbons (Fsp3) is 0.917. The third-order valence-corrected chi connectivity index (χ3v) is 2.41. The Kier molecular flexibility index (Phi) is 11.3. The molecule has 0 rings (SSSR count). The molecule has 3 nitrogen and oxygen atoms in total. The lowest BCUT2D eigenvalue weighted by atomic mass is 10.1. The van der Waals surface area contributed by atoms with Gasteiger partial charge in [-0.1, -0.05) is 19.8 Å². The number of nitrogens with one attached hydrogen (secondary N) is 1. The van der Waals surface area contributed by atoms with E-state index in [4.69, 9.17) is 5.11 Å². The summed E-state index contributed by atoms with van der Waals surface area (Å²) in [7, 11) is 0. The normalized spacial score (nSPS) is 10.5. The first-order chi connectivity index (χ1) is 7.31. The zero-order chi connectivity index (χ0) is 11.4. The second kappa shape index (κ2) is 11.7. The van der Waals surface area contributed by atoms with Crippen LogP contribution in [0.15, 0.2) is 0 Å². The van der Waals surface area contributed by atoms with E-state index >= 15 is 0 Å². The molecule has 0 aromatic heterocycles. The molecule has 0 aromatic carbocycles. The Balaban J connectivity index is 3.06. The van der Waals surface area contributed by atoms with Crippen molar-refractivity contribution >= 4 is 5.78 Å². The Morgan fingerprint density at radius 2 is 1.80 bits per heavy atom. The van der Waals surface area contributed by atoms with Crippen LogP contribution in [0.1, 0.15) is 51.9 Å². The summed E-state index contributed by atoms with van der Waals surface area (Å²) in [5.41, 5.74) is 0. The second-order valence-electron chi connectivity index (χ2n) is 3.93. The number of Topliss-reactive ketones (excluding diaryl/α,β-unsaturated/α-hetero) is 1. The lowest BCUT2D eigenvalue weighted by Gasteiger charge is -2.02. The average Bonchev–Trinajstić information content (AvgIpc) is 2.25. The zero-order valence-electron chi connectivity index (χ0n) is 9.93. The van der Waals surface area contributed by atoms with Gasteiger partial charge in [-0.2, -0.15) is 0 Å². The number of ketones is 1. The van der Waals surface area contributed by atoms with Crippen LogP contribution >= 0.6 is 0 Å². The number of unbranched alkanes of at least 4 members (excludes halogenated alkanes) is 3. The minimum absolute atomic E-state index is 0.204. The quantitative estimate of drug-likeness (QED) is 0.517. The molecule has 0 aliphatic heterocycles. The molecule has 0 aromatic rings. The first-order valence-corrected chi connectivity index (χ1v) is 6.14. The van der Waals surface area contributed by atoms with Crippen LogP contribution in [-0.4, -0.2) is 30.6 Å². The molecule has 0 bridgehead atoms. The zero-order valence-corrected chi connectivity index (χ0v) is 9.93. The van der Waals surface area contributed by atoms with Gasteiger partial charge in [-0.15, -0.1) is 0 Å². The Morgan fingerprint density at radius 1 is 1.07 bits per heavy atom.